The van der Waals surface area contributed by atoms with Crippen LogP contribution >= 0.6 is 15.9 Å². The summed E-state index contributed by atoms with van der Waals surface area (Å²) in [5.74, 6) is -0.263. The van der Waals surface area contributed by atoms with Gasteiger partial charge in [-0.25, -0.2) is 4.39 Å². The molecule has 0 heterocycles. The minimum absolute atomic E-state index is 0.263. The normalized spacial score (nSPS) is 11.1. The number of halogens is 2. The van der Waals surface area contributed by atoms with E-state index in [9.17, 15) is 4.39 Å². The molecule has 19 heavy (non-hydrogen) atoms. The maximum Gasteiger partial charge on any atom is 0.137 e. The molecule has 0 fully saturated rings. The maximum atomic E-state index is 13.3. The van der Waals surface area contributed by atoms with Crippen molar-refractivity contribution in [2.45, 2.75) is 6.61 Å². The second-order valence-electron chi connectivity index (χ2n) is 4.04. The van der Waals surface area contributed by atoms with Gasteiger partial charge in [-0.2, -0.15) is 0 Å². The van der Waals surface area contributed by atoms with Gasteiger partial charge in [-0.1, -0.05) is 54.6 Å². The van der Waals surface area contributed by atoms with E-state index in [2.05, 4.69) is 15.9 Å². The topological polar surface area (TPSA) is 9.23 Å². The predicted octanol–water partition coefficient (Wildman–Crippen LogP) is 4.82. The maximum absolute atomic E-state index is 13.3. The molecule has 0 radical (unpaired) electrons. The van der Waals surface area contributed by atoms with Crippen LogP contribution in [0.4, 0.5) is 4.39 Å². The number of ether oxygens (including phenoxy) is 1. The van der Waals surface area contributed by atoms with Gasteiger partial charge in [0.1, 0.15) is 5.82 Å². The van der Waals surface area contributed by atoms with Crippen LogP contribution in [0.15, 0.2) is 59.1 Å². The van der Waals surface area contributed by atoms with Gasteiger partial charge >= 0.3 is 0 Å². The molecule has 0 unspecified atom stereocenters. The molecule has 0 bridgehead atoms. The first-order chi connectivity index (χ1) is 9.27. The number of hydrogen-bond acceptors (Lipinski definition) is 1. The summed E-state index contributed by atoms with van der Waals surface area (Å²) in [6.07, 6.45) is 3.95. The fourth-order valence-corrected chi connectivity index (χ4v) is 2.02. The van der Waals surface area contributed by atoms with Crippen molar-refractivity contribution in [1.29, 1.82) is 0 Å². The molecule has 2 aromatic carbocycles. The number of benzene rings is 2. The lowest BCUT2D eigenvalue weighted by Gasteiger charge is -2.05. The zero-order valence-electron chi connectivity index (χ0n) is 10.4. The van der Waals surface area contributed by atoms with Crippen LogP contribution in [0.25, 0.3) is 6.08 Å². The second kappa shape index (κ2) is 7.22. The van der Waals surface area contributed by atoms with Crippen molar-refractivity contribution in [1.82, 2.24) is 0 Å². The van der Waals surface area contributed by atoms with E-state index in [1.165, 1.54) is 6.07 Å². The van der Waals surface area contributed by atoms with Crippen molar-refractivity contribution in [2.24, 2.45) is 0 Å². The van der Waals surface area contributed by atoms with Crippen LogP contribution in [0, 0.1) is 5.82 Å². The minimum atomic E-state index is -0.263. The first-order valence-corrected chi connectivity index (χ1v) is 6.79. The second-order valence-corrected chi connectivity index (χ2v) is 4.83. The van der Waals surface area contributed by atoms with Crippen LogP contribution in [0.2, 0.25) is 0 Å². The van der Waals surface area contributed by atoms with Gasteiger partial charge in [0.05, 0.1) is 17.7 Å². The van der Waals surface area contributed by atoms with Crippen molar-refractivity contribution < 1.29 is 9.13 Å². The highest BCUT2D eigenvalue weighted by molar-refractivity contribution is 9.10. The Morgan fingerprint density at radius 1 is 1.05 bits per heavy atom. The molecular formula is C16H14BrFO. The van der Waals surface area contributed by atoms with Gasteiger partial charge in [0, 0.05) is 0 Å². The van der Waals surface area contributed by atoms with E-state index in [4.69, 9.17) is 4.74 Å². The van der Waals surface area contributed by atoms with E-state index < -0.39 is 0 Å². The lowest BCUT2D eigenvalue weighted by molar-refractivity contribution is 0.148. The molecule has 2 rings (SSSR count). The molecule has 0 atom stereocenters. The lowest BCUT2D eigenvalue weighted by Crippen LogP contribution is -1.95. The molecule has 0 saturated carbocycles. The SMILES string of the molecule is Fc1cccc(COC/C=C/c2ccccc2)c1Br. The zero-order chi connectivity index (χ0) is 13.5. The Hall–Kier alpha value is -1.45. The van der Waals surface area contributed by atoms with E-state index in [0.717, 1.165) is 11.1 Å². The summed E-state index contributed by atoms with van der Waals surface area (Å²) < 4.78 is 19.2. The van der Waals surface area contributed by atoms with Crippen molar-refractivity contribution in [3.05, 3.63) is 76.0 Å². The average Bonchev–Trinajstić information content (AvgIpc) is 2.44. The van der Waals surface area contributed by atoms with Gasteiger partial charge in [-0.15, -0.1) is 0 Å². The van der Waals surface area contributed by atoms with Crippen molar-refractivity contribution >= 4 is 22.0 Å². The molecule has 3 heteroatoms. The molecule has 0 aromatic heterocycles. The van der Waals surface area contributed by atoms with Gasteiger partial charge in [0.15, 0.2) is 0 Å². The summed E-state index contributed by atoms with van der Waals surface area (Å²) >= 11 is 3.21. The van der Waals surface area contributed by atoms with E-state index in [1.807, 2.05) is 48.6 Å². The predicted molar refractivity (Wildman–Crippen MR) is 79.2 cm³/mol. The Bertz CT molecular complexity index is 552. The van der Waals surface area contributed by atoms with Gasteiger partial charge in [0.25, 0.3) is 0 Å². The summed E-state index contributed by atoms with van der Waals surface area (Å²) in [5, 5.41) is 0. The molecule has 1 nitrogen and oxygen atoms in total. The summed E-state index contributed by atoms with van der Waals surface area (Å²) in [6.45, 7) is 0.884. The average molecular weight is 321 g/mol. The fraction of sp³-hybridized carbons (Fsp3) is 0.125. The molecule has 98 valence electrons. The smallest absolute Gasteiger partial charge is 0.137 e. The highest BCUT2D eigenvalue weighted by Gasteiger charge is 2.04. The third-order valence-electron chi connectivity index (χ3n) is 2.61. The Labute approximate surface area is 120 Å². The van der Waals surface area contributed by atoms with Gasteiger partial charge in [-0.05, 0) is 33.1 Å². The van der Waals surface area contributed by atoms with Crippen LogP contribution in [-0.2, 0) is 11.3 Å². The largest absolute Gasteiger partial charge is 0.373 e. The van der Waals surface area contributed by atoms with E-state index in [0.29, 0.717) is 17.7 Å². The van der Waals surface area contributed by atoms with Gasteiger partial charge < -0.3 is 4.74 Å². The minimum Gasteiger partial charge on any atom is -0.373 e. The summed E-state index contributed by atoms with van der Waals surface area (Å²) in [5.41, 5.74) is 1.95. The summed E-state index contributed by atoms with van der Waals surface area (Å²) in [4.78, 5) is 0. The Morgan fingerprint density at radius 3 is 2.63 bits per heavy atom. The fourth-order valence-electron chi connectivity index (χ4n) is 1.65. The van der Waals surface area contributed by atoms with Crippen molar-refractivity contribution in [2.75, 3.05) is 6.61 Å². The Kier molecular flexibility index (Phi) is 5.31. The van der Waals surface area contributed by atoms with E-state index in [1.54, 1.807) is 6.07 Å². The standard InChI is InChI=1S/C16H14BrFO/c17-16-14(9-4-10-15(16)18)12-19-11-5-8-13-6-2-1-3-7-13/h1-10H,11-12H2/b8-5+. The molecule has 0 aliphatic rings. The zero-order valence-corrected chi connectivity index (χ0v) is 11.9. The van der Waals surface area contributed by atoms with Crippen LogP contribution in [-0.4, -0.2) is 6.61 Å². The molecule has 0 aliphatic heterocycles. The summed E-state index contributed by atoms with van der Waals surface area (Å²) in [7, 11) is 0. The summed E-state index contributed by atoms with van der Waals surface area (Å²) in [6, 6.07) is 15.0. The highest BCUT2D eigenvalue weighted by Crippen LogP contribution is 2.20. The third kappa shape index (κ3) is 4.30. The first-order valence-electron chi connectivity index (χ1n) is 5.99. The van der Waals surface area contributed by atoms with Crippen LogP contribution in [0.5, 0.6) is 0 Å². The van der Waals surface area contributed by atoms with Crippen LogP contribution < -0.4 is 0 Å². The number of hydrogen-bond donors (Lipinski definition) is 0. The molecule has 0 N–H and O–H groups in total. The van der Waals surface area contributed by atoms with Gasteiger partial charge in [0.2, 0.25) is 0 Å². The van der Waals surface area contributed by atoms with E-state index in [-0.39, 0.29) is 5.82 Å². The van der Waals surface area contributed by atoms with E-state index >= 15 is 0 Å². The van der Waals surface area contributed by atoms with Gasteiger partial charge in [-0.3, -0.25) is 0 Å². The highest BCUT2D eigenvalue weighted by atomic mass is 79.9. The van der Waals surface area contributed by atoms with Crippen LogP contribution in [0.1, 0.15) is 11.1 Å². The molecule has 0 saturated heterocycles. The first kappa shape index (κ1) is 14.0. The lowest BCUT2D eigenvalue weighted by atomic mass is 10.2. The Morgan fingerprint density at radius 2 is 1.84 bits per heavy atom. The molecule has 0 amide bonds. The van der Waals surface area contributed by atoms with Crippen molar-refractivity contribution in [3.8, 4) is 0 Å². The monoisotopic (exact) mass is 320 g/mol. The Balaban J connectivity index is 1.81. The molecular weight excluding hydrogens is 307 g/mol. The molecule has 0 aliphatic carbocycles. The number of rotatable bonds is 5. The van der Waals surface area contributed by atoms with Crippen molar-refractivity contribution in [3.63, 3.8) is 0 Å². The quantitative estimate of drug-likeness (QED) is 0.718. The molecule has 2 aromatic rings. The third-order valence-corrected chi connectivity index (χ3v) is 3.50. The van der Waals surface area contributed by atoms with Crippen LogP contribution in [0.3, 0.4) is 0 Å². The molecule has 0 spiro atoms.